The lowest BCUT2D eigenvalue weighted by atomic mass is 10.2. The maximum Gasteiger partial charge on any atom is 0.293 e. The number of nitrogens with one attached hydrogen (secondary N) is 1. The van der Waals surface area contributed by atoms with Crippen LogP contribution in [-0.2, 0) is 18.0 Å². The van der Waals surface area contributed by atoms with Crippen molar-refractivity contribution in [2.45, 2.75) is 13.2 Å². The average molecular weight is 352 g/mol. The fourth-order valence-electron chi connectivity index (χ4n) is 1.86. The number of nitrogen functional groups attached to an aromatic ring is 1. The van der Waals surface area contributed by atoms with Crippen molar-refractivity contribution in [1.82, 2.24) is 0 Å². The largest absolute Gasteiger partial charge is 0.372 e. The van der Waals surface area contributed by atoms with Crippen molar-refractivity contribution in [3.63, 3.8) is 0 Å². The molecule has 0 bridgehead atoms. The Bertz CT molecular complexity index is 649. The number of nitrogens with zero attached hydrogens (tertiary/aromatic N) is 1. The number of nitro benzene ring substituents is 1. The van der Waals surface area contributed by atoms with Crippen molar-refractivity contribution in [1.29, 1.82) is 0 Å². The van der Waals surface area contributed by atoms with E-state index in [0.29, 0.717) is 13.2 Å². The van der Waals surface area contributed by atoms with E-state index in [4.69, 9.17) is 10.6 Å². The van der Waals surface area contributed by atoms with E-state index in [1.54, 1.807) is 12.1 Å². The predicted octanol–water partition coefficient (Wildman–Crippen LogP) is 3.36. The van der Waals surface area contributed by atoms with Crippen molar-refractivity contribution < 1.29 is 9.66 Å². The smallest absolute Gasteiger partial charge is 0.293 e. The van der Waals surface area contributed by atoms with Crippen molar-refractivity contribution in [2.75, 3.05) is 5.43 Å². The molecular formula is C14H14BrN3O3. The van der Waals surface area contributed by atoms with Crippen LogP contribution in [0.2, 0.25) is 0 Å². The van der Waals surface area contributed by atoms with Crippen LogP contribution in [0.5, 0.6) is 0 Å². The maximum atomic E-state index is 10.8. The summed E-state index contributed by atoms with van der Waals surface area (Å²) in [5.41, 5.74) is 4.39. The van der Waals surface area contributed by atoms with Gasteiger partial charge in [0.15, 0.2) is 0 Å². The molecule has 3 N–H and O–H groups in total. The maximum absolute atomic E-state index is 10.8. The van der Waals surface area contributed by atoms with E-state index < -0.39 is 4.92 Å². The number of hydrazine groups is 1. The monoisotopic (exact) mass is 351 g/mol. The van der Waals surface area contributed by atoms with Crippen LogP contribution < -0.4 is 11.3 Å². The molecular weight excluding hydrogens is 338 g/mol. The highest BCUT2D eigenvalue weighted by molar-refractivity contribution is 9.10. The Kier molecular flexibility index (Phi) is 5.26. The Morgan fingerprint density at radius 3 is 2.52 bits per heavy atom. The average Bonchev–Trinajstić information content (AvgIpc) is 2.47. The number of rotatable bonds is 6. The third-order valence-electron chi connectivity index (χ3n) is 2.84. The van der Waals surface area contributed by atoms with Crippen molar-refractivity contribution in [3.8, 4) is 0 Å². The molecule has 0 atom stereocenters. The van der Waals surface area contributed by atoms with E-state index in [2.05, 4.69) is 21.4 Å². The lowest BCUT2D eigenvalue weighted by Gasteiger charge is -2.07. The number of hydrogen-bond donors (Lipinski definition) is 2. The second-order valence-corrected chi connectivity index (χ2v) is 5.29. The summed E-state index contributed by atoms with van der Waals surface area (Å²) in [7, 11) is 0. The first-order chi connectivity index (χ1) is 10.1. The van der Waals surface area contributed by atoms with Gasteiger partial charge in [0.05, 0.1) is 18.1 Å². The highest BCUT2D eigenvalue weighted by Crippen LogP contribution is 2.25. The van der Waals surface area contributed by atoms with E-state index >= 15 is 0 Å². The van der Waals surface area contributed by atoms with Gasteiger partial charge in [0.1, 0.15) is 5.69 Å². The Balaban J connectivity index is 1.99. The lowest BCUT2D eigenvalue weighted by Crippen LogP contribution is -2.09. The molecule has 0 aliphatic rings. The van der Waals surface area contributed by atoms with Crippen LogP contribution in [0.15, 0.2) is 46.9 Å². The molecule has 110 valence electrons. The van der Waals surface area contributed by atoms with E-state index in [0.717, 1.165) is 15.6 Å². The molecule has 6 nitrogen and oxygen atoms in total. The van der Waals surface area contributed by atoms with Crippen LogP contribution >= 0.6 is 15.9 Å². The van der Waals surface area contributed by atoms with E-state index in [1.807, 2.05) is 24.3 Å². The summed E-state index contributed by atoms with van der Waals surface area (Å²) < 4.78 is 6.60. The summed E-state index contributed by atoms with van der Waals surface area (Å²) >= 11 is 3.40. The molecule has 2 aromatic carbocycles. The molecule has 0 heterocycles. The van der Waals surface area contributed by atoms with Crippen LogP contribution in [-0.4, -0.2) is 4.92 Å². The number of nitrogens with two attached hydrogens (primary N) is 1. The Hall–Kier alpha value is -1.96. The number of benzene rings is 2. The Labute approximate surface area is 130 Å². The first-order valence-electron chi connectivity index (χ1n) is 6.16. The molecule has 2 rings (SSSR count). The zero-order valence-corrected chi connectivity index (χ0v) is 12.7. The van der Waals surface area contributed by atoms with E-state index in [9.17, 15) is 10.1 Å². The van der Waals surface area contributed by atoms with Gasteiger partial charge in [-0.25, -0.2) is 0 Å². The van der Waals surface area contributed by atoms with Crippen LogP contribution in [0.25, 0.3) is 0 Å². The quantitative estimate of drug-likeness (QED) is 0.473. The first kappa shape index (κ1) is 15.4. The van der Waals surface area contributed by atoms with Crippen molar-refractivity contribution in [3.05, 3.63) is 68.2 Å². The normalized spacial score (nSPS) is 10.4. The minimum atomic E-state index is -0.485. The van der Waals surface area contributed by atoms with Gasteiger partial charge in [-0.15, -0.1) is 0 Å². The fraction of sp³-hybridized carbons (Fsp3) is 0.143. The molecule has 0 saturated carbocycles. The third-order valence-corrected chi connectivity index (χ3v) is 3.33. The summed E-state index contributed by atoms with van der Waals surface area (Å²) in [6, 6.07) is 12.5. The summed E-state index contributed by atoms with van der Waals surface area (Å²) in [6.07, 6.45) is 0. The molecule has 0 unspecified atom stereocenters. The molecule has 0 spiro atoms. The molecule has 7 heteroatoms. The van der Waals surface area contributed by atoms with Gasteiger partial charge in [0.2, 0.25) is 0 Å². The van der Waals surface area contributed by atoms with Crippen LogP contribution in [0, 0.1) is 10.1 Å². The van der Waals surface area contributed by atoms with Gasteiger partial charge >= 0.3 is 0 Å². The minimum Gasteiger partial charge on any atom is -0.372 e. The second-order valence-electron chi connectivity index (χ2n) is 4.38. The van der Waals surface area contributed by atoms with Crippen molar-refractivity contribution in [2.24, 2.45) is 5.84 Å². The van der Waals surface area contributed by atoms with Crippen LogP contribution in [0.4, 0.5) is 11.4 Å². The first-order valence-corrected chi connectivity index (χ1v) is 6.95. The standard InChI is InChI=1S/C14H14BrN3O3/c15-12-3-1-2-10(6-12)8-21-9-11-4-5-14(18(19)20)13(7-11)17-16/h1-7,17H,8-9,16H2. The number of anilines is 1. The molecule has 0 saturated heterocycles. The molecule has 0 aromatic heterocycles. The van der Waals surface area contributed by atoms with Crippen molar-refractivity contribution >= 4 is 27.3 Å². The summed E-state index contributed by atoms with van der Waals surface area (Å²) in [4.78, 5) is 10.3. The number of halogens is 1. The van der Waals surface area contributed by atoms with Gasteiger partial charge in [-0.05, 0) is 35.4 Å². The fourth-order valence-corrected chi connectivity index (χ4v) is 2.31. The molecule has 0 aliphatic carbocycles. The highest BCUT2D eigenvalue weighted by Gasteiger charge is 2.13. The third kappa shape index (κ3) is 4.25. The molecule has 21 heavy (non-hydrogen) atoms. The molecule has 2 aromatic rings. The van der Waals surface area contributed by atoms with Gasteiger partial charge in [-0.3, -0.25) is 16.0 Å². The van der Waals surface area contributed by atoms with E-state index in [-0.39, 0.29) is 11.4 Å². The SMILES string of the molecule is NNc1cc(COCc2cccc(Br)c2)ccc1[N+](=O)[O-]. The number of nitro groups is 1. The highest BCUT2D eigenvalue weighted by atomic mass is 79.9. The molecule has 0 amide bonds. The molecule has 0 fully saturated rings. The van der Waals surface area contributed by atoms with Crippen LogP contribution in [0.3, 0.4) is 0 Å². The molecule has 0 radical (unpaired) electrons. The van der Waals surface area contributed by atoms with Crippen LogP contribution in [0.1, 0.15) is 11.1 Å². The predicted molar refractivity (Wildman–Crippen MR) is 83.5 cm³/mol. The zero-order chi connectivity index (χ0) is 15.2. The molecule has 0 aliphatic heterocycles. The lowest BCUT2D eigenvalue weighted by molar-refractivity contribution is -0.384. The van der Waals surface area contributed by atoms with Gasteiger partial charge in [-0.1, -0.05) is 28.1 Å². The number of ether oxygens (including phenoxy) is 1. The summed E-state index contributed by atoms with van der Waals surface area (Å²) in [5.74, 6) is 5.29. The topological polar surface area (TPSA) is 90.4 Å². The Morgan fingerprint density at radius 1 is 1.19 bits per heavy atom. The van der Waals surface area contributed by atoms with Gasteiger partial charge < -0.3 is 10.2 Å². The zero-order valence-electron chi connectivity index (χ0n) is 11.1. The second kappa shape index (κ2) is 7.16. The Morgan fingerprint density at radius 2 is 1.90 bits per heavy atom. The minimum absolute atomic E-state index is 0.0618. The summed E-state index contributed by atoms with van der Waals surface area (Å²) in [6.45, 7) is 0.807. The van der Waals surface area contributed by atoms with E-state index in [1.165, 1.54) is 6.07 Å². The van der Waals surface area contributed by atoms with Gasteiger partial charge in [-0.2, -0.15) is 0 Å². The number of hydrogen-bond acceptors (Lipinski definition) is 5. The van der Waals surface area contributed by atoms with Gasteiger partial charge in [0, 0.05) is 10.5 Å². The summed E-state index contributed by atoms with van der Waals surface area (Å²) in [5, 5.41) is 10.8. The van der Waals surface area contributed by atoms with Gasteiger partial charge in [0.25, 0.3) is 5.69 Å².